The summed E-state index contributed by atoms with van der Waals surface area (Å²) >= 11 is 0. The van der Waals surface area contributed by atoms with Crippen molar-refractivity contribution in [1.82, 2.24) is 0 Å². The van der Waals surface area contributed by atoms with Crippen LogP contribution in [-0.2, 0) is 70.4 Å². The molecule has 0 aliphatic rings. The maximum absolute atomic E-state index is 8.88. The van der Waals surface area contributed by atoms with Gasteiger partial charge in [0.1, 0.15) is 0 Å². The molecule has 0 rings (SSSR count). The van der Waals surface area contributed by atoms with Crippen molar-refractivity contribution in [2.75, 3.05) is 0 Å². The first-order chi connectivity index (χ1) is 2.00. The van der Waals surface area contributed by atoms with Gasteiger partial charge in [0, 0.05) is 65.8 Å². The van der Waals surface area contributed by atoms with Gasteiger partial charge in [0.25, 0.3) is 0 Å². The zero-order valence-electron chi connectivity index (χ0n) is 5.64. The first-order valence-electron chi connectivity index (χ1n) is 0.783. The Labute approximate surface area is 129 Å². The molecule has 0 fully saturated rings. The van der Waals surface area contributed by atoms with Crippen LogP contribution in [0.2, 0.25) is 0 Å². The van der Waals surface area contributed by atoms with E-state index >= 15 is 0 Å². The van der Waals surface area contributed by atoms with E-state index in [1.165, 1.54) is 0 Å². The third-order valence-electron chi connectivity index (χ3n) is 0. The van der Waals surface area contributed by atoms with E-state index in [1.807, 2.05) is 0 Å². The summed E-state index contributed by atoms with van der Waals surface area (Å²) in [7, 11) is -4.64. The fourth-order valence-electron chi connectivity index (χ4n) is 0. The number of hydrogen-bond acceptors (Lipinski definition) is 1. The summed E-state index contributed by atoms with van der Waals surface area (Å²) in [5, 5.41) is 0. The number of rotatable bonds is 0. The molecular formula is H7AlLiNbO4PTi2. The molecule has 10 heavy (non-hydrogen) atoms. The van der Waals surface area contributed by atoms with Crippen LogP contribution in [0.5, 0.6) is 0 Å². The zero-order chi connectivity index (χ0) is 4.50. The molecule has 10 heteroatoms. The van der Waals surface area contributed by atoms with Gasteiger partial charge in [-0.15, -0.1) is 0 Å². The molecule has 0 aliphatic carbocycles. The molecule has 0 bridgehead atoms. The second-order valence-electron chi connectivity index (χ2n) is 0.513. The van der Waals surface area contributed by atoms with Crippen LogP contribution < -0.4 is 18.9 Å². The van der Waals surface area contributed by atoms with E-state index < -0.39 is 7.82 Å². The van der Waals surface area contributed by atoms with Gasteiger partial charge >= 0.3 is 26.7 Å². The number of phosphoric acid groups is 1. The summed E-state index contributed by atoms with van der Waals surface area (Å²) < 4.78 is 8.88. The predicted octanol–water partition coefficient (Wildman–Crippen LogP) is -5.00. The summed E-state index contributed by atoms with van der Waals surface area (Å²) in [6.45, 7) is 0. The molecule has 0 saturated carbocycles. The van der Waals surface area contributed by atoms with Crippen molar-refractivity contribution >= 4 is 25.2 Å². The molecule has 0 aromatic carbocycles. The Morgan fingerprint density at radius 3 is 1.10 bits per heavy atom. The molecule has 0 saturated heterocycles. The van der Waals surface area contributed by atoms with E-state index in [1.54, 1.807) is 0 Å². The fourth-order valence-corrected chi connectivity index (χ4v) is 0. The van der Waals surface area contributed by atoms with E-state index in [-0.39, 0.29) is 103 Å². The molecule has 0 heterocycles. The van der Waals surface area contributed by atoms with Crippen molar-refractivity contribution in [3.05, 3.63) is 0 Å². The van der Waals surface area contributed by atoms with E-state index in [4.69, 9.17) is 19.2 Å². The SMILES string of the molecule is O=P(O)(O)O.[AlH3].[H-].[Li+].[Nb].[Ti].[Ti]. The Morgan fingerprint density at radius 2 is 1.10 bits per heavy atom. The second-order valence-corrected chi connectivity index (χ2v) is 1.54. The Balaban J connectivity index is -0.00000000533. The van der Waals surface area contributed by atoms with Crippen LogP contribution in [0.25, 0.3) is 0 Å². The van der Waals surface area contributed by atoms with Gasteiger partial charge in [-0.1, -0.05) is 0 Å². The third-order valence-corrected chi connectivity index (χ3v) is 0. The van der Waals surface area contributed by atoms with Gasteiger partial charge in [-0.05, 0) is 0 Å². The molecule has 0 aromatic heterocycles. The van der Waals surface area contributed by atoms with Gasteiger partial charge in [0.2, 0.25) is 0 Å². The molecule has 0 aliphatic heterocycles. The third kappa shape index (κ3) is 106. The smallest absolute Gasteiger partial charge is 1.00 e. The Hall–Kier alpha value is 3.41. The van der Waals surface area contributed by atoms with Crippen LogP contribution in [0.15, 0.2) is 0 Å². The molecule has 0 aromatic rings. The quantitative estimate of drug-likeness (QED) is 0.308. The predicted molar refractivity (Wildman–Crippen MR) is 25.3 cm³/mol. The first-order valence-corrected chi connectivity index (χ1v) is 2.35. The minimum atomic E-state index is -4.64. The fraction of sp³-hybridized carbons (Fsp3) is 0. The van der Waals surface area contributed by atoms with E-state index in [9.17, 15) is 0 Å². The standard InChI is InChI=1S/Al.Li.Nb.H3O4P.2Ti.4H/c;;;1-5(2,3)4;;;;;;/h;;;(H3,1,2,3,4);;;;;;/q;+1;;;;;;;;-1. The van der Waals surface area contributed by atoms with Gasteiger partial charge in [0.15, 0.2) is 17.4 Å². The molecule has 0 unspecified atom stereocenters. The minimum Gasteiger partial charge on any atom is -1.00 e. The van der Waals surface area contributed by atoms with Crippen LogP contribution in [0.4, 0.5) is 0 Å². The summed E-state index contributed by atoms with van der Waals surface area (Å²) in [6.07, 6.45) is 0. The molecule has 0 spiro atoms. The maximum Gasteiger partial charge on any atom is 1.00 e. The summed E-state index contributed by atoms with van der Waals surface area (Å²) in [5.41, 5.74) is 0. The van der Waals surface area contributed by atoms with Crippen molar-refractivity contribution in [1.29, 1.82) is 0 Å². The normalized spacial score (nSPS) is 5.90. The molecule has 4 nitrogen and oxygen atoms in total. The van der Waals surface area contributed by atoms with Crippen LogP contribution in [0.1, 0.15) is 1.43 Å². The molecule has 3 N–H and O–H groups in total. The van der Waals surface area contributed by atoms with Crippen LogP contribution in [0.3, 0.4) is 0 Å². The van der Waals surface area contributed by atoms with Gasteiger partial charge in [-0.3, -0.25) is 0 Å². The monoisotopic (exact) mass is 325 g/mol. The zero-order valence-corrected chi connectivity index (χ0v) is 10.9. The average Bonchev–Trinajstić information content (AvgIpc) is 0.722. The largest absolute Gasteiger partial charge is 1.00 e. The van der Waals surface area contributed by atoms with Crippen molar-refractivity contribution in [2.24, 2.45) is 0 Å². The molecule has 0 amide bonds. The van der Waals surface area contributed by atoms with Crippen molar-refractivity contribution in [2.45, 2.75) is 0 Å². The van der Waals surface area contributed by atoms with Gasteiger partial charge in [-0.25, -0.2) is 4.57 Å². The maximum atomic E-state index is 8.88. The Morgan fingerprint density at radius 1 is 1.10 bits per heavy atom. The minimum absolute atomic E-state index is 0. The van der Waals surface area contributed by atoms with Crippen LogP contribution in [0, 0.1) is 0 Å². The van der Waals surface area contributed by atoms with E-state index in [2.05, 4.69) is 0 Å². The van der Waals surface area contributed by atoms with Crippen LogP contribution in [-0.4, -0.2) is 32.0 Å². The molecule has 53 valence electrons. The Bertz CT molecular complexity index is 74.2. The Kier molecular flexibility index (Phi) is 68.6. The summed E-state index contributed by atoms with van der Waals surface area (Å²) in [6, 6.07) is 0. The van der Waals surface area contributed by atoms with Gasteiger partial charge in [0.05, 0.1) is 0 Å². The van der Waals surface area contributed by atoms with Crippen LogP contribution >= 0.6 is 7.82 Å². The number of hydrogen-bond donors (Lipinski definition) is 3. The summed E-state index contributed by atoms with van der Waals surface area (Å²) in [4.78, 5) is 21.6. The topological polar surface area (TPSA) is 77.8 Å². The van der Waals surface area contributed by atoms with Crippen molar-refractivity contribution in [3.8, 4) is 0 Å². The van der Waals surface area contributed by atoms with E-state index in [0.29, 0.717) is 0 Å². The van der Waals surface area contributed by atoms with Crippen molar-refractivity contribution in [3.63, 3.8) is 0 Å². The second kappa shape index (κ2) is 18.2. The van der Waals surface area contributed by atoms with Gasteiger partial charge in [-0.2, -0.15) is 0 Å². The summed E-state index contributed by atoms with van der Waals surface area (Å²) in [5.74, 6) is 0. The first kappa shape index (κ1) is 37.6. The van der Waals surface area contributed by atoms with E-state index in [0.717, 1.165) is 0 Å². The average molecular weight is 325 g/mol. The van der Waals surface area contributed by atoms with Gasteiger partial charge < -0.3 is 16.1 Å². The molecule has 1 radical (unpaired) electrons. The molecule has 0 atom stereocenters. The van der Waals surface area contributed by atoms with Crippen molar-refractivity contribution < 1.29 is 105 Å². The molecular weight excluding hydrogens is 318 g/mol.